The van der Waals surface area contributed by atoms with Crippen molar-refractivity contribution >= 4 is 11.0 Å². The molecule has 0 aliphatic rings. The second kappa shape index (κ2) is 9.37. The highest BCUT2D eigenvalue weighted by molar-refractivity contribution is 5.94. The summed E-state index contributed by atoms with van der Waals surface area (Å²) in [5, 5.41) is 11.7. The van der Waals surface area contributed by atoms with Crippen LogP contribution in [0.5, 0.6) is 5.75 Å². The Morgan fingerprint density at radius 2 is 1.91 bits per heavy atom. The fraction of sp³-hybridized carbons (Fsp3) is 0.385. The molecule has 0 aliphatic heterocycles. The van der Waals surface area contributed by atoms with Gasteiger partial charge in [-0.2, -0.15) is 0 Å². The lowest BCUT2D eigenvalue weighted by molar-refractivity contribution is 0.0814. The first kappa shape index (κ1) is 23.0. The summed E-state index contributed by atoms with van der Waals surface area (Å²) >= 11 is 0. The van der Waals surface area contributed by atoms with E-state index in [9.17, 15) is 5.11 Å². The molecule has 2 N–H and O–H groups in total. The standard InChI is InChI=1S/C26H32N4O3/c1-17-21(22-15-27-16-33-22)14-28-25-23(17)20(13-26(2,3)31)24(29-25)18-7-9-19(10-8-18)32-12-6-11-30(4)5/h7-10,14-16,31H,6,11-13H2,1-5H3,(H,28,29). The number of ether oxygens (including phenoxy) is 1. The van der Waals surface area contributed by atoms with Gasteiger partial charge in [-0.3, -0.25) is 0 Å². The molecule has 0 spiro atoms. The molecule has 3 heterocycles. The van der Waals surface area contributed by atoms with Crippen LogP contribution in [0.2, 0.25) is 0 Å². The third-order valence-electron chi connectivity index (χ3n) is 5.65. The molecule has 0 atom stereocenters. The van der Waals surface area contributed by atoms with Crippen LogP contribution in [-0.4, -0.2) is 57.8 Å². The topological polar surface area (TPSA) is 87.4 Å². The lowest BCUT2D eigenvalue weighted by Crippen LogP contribution is -2.22. The van der Waals surface area contributed by atoms with Crippen LogP contribution in [0.1, 0.15) is 31.4 Å². The van der Waals surface area contributed by atoms with E-state index in [1.165, 1.54) is 6.39 Å². The summed E-state index contributed by atoms with van der Waals surface area (Å²) in [6, 6.07) is 8.08. The molecular formula is C26H32N4O3. The summed E-state index contributed by atoms with van der Waals surface area (Å²) in [6.45, 7) is 7.38. The van der Waals surface area contributed by atoms with Crippen LogP contribution >= 0.6 is 0 Å². The van der Waals surface area contributed by atoms with Crippen molar-refractivity contribution in [1.82, 2.24) is 19.9 Å². The molecule has 174 valence electrons. The van der Waals surface area contributed by atoms with Gasteiger partial charge in [0.1, 0.15) is 11.4 Å². The number of oxazole rings is 1. The number of aromatic nitrogens is 3. The average Bonchev–Trinajstić information content (AvgIpc) is 3.40. The van der Waals surface area contributed by atoms with Crippen LogP contribution in [0, 0.1) is 6.92 Å². The van der Waals surface area contributed by atoms with E-state index in [1.54, 1.807) is 12.4 Å². The maximum absolute atomic E-state index is 10.7. The maximum atomic E-state index is 10.7. The molecule has 7 nitrogen and oxygen atoms in total. The number of rotatable bonds is 9. The highest BCUT2D eigenvalue weighted by atomic mass is 16.5. The van der Waals surface area contributed by atoms with Gasteiger partial charge < -0.3 is 24.1 Å². The van der Waals surface area contributed by atoms with Crippen molar-refractivity contribution in [2.75, 3.05) is 27.2 Å². The molecular weight excluding hydrogens is 416 g/mol. The van der Waals surface area contributed by atoms with E-state index in [-0.39, 0.29) is 0 Å². The predicted octanol–water partition coefficient (Wildman–Crippen LogP) is 4.84. The Hall–Kier alpha value is -3.16. The molecule has 0 radical (unpaired) electrons. The van der Waals surface area contributed by atoms with Gasteiger partial charge in [-0.25, -0.2) is 9.97 Å². The molecule has 0 unspecified atom stereocenters. The van der Waals surface area contributed by atoms with Crippen molar-refractivity contribution in [2.45, 2.75) is 39.2 Å². The van der Waals surface area contributed by atoms with Crippen molar-refractivity contribution in [3.8, 4) is 28.3 Å². The Morgan fingerprint density at radius 1 is 1.15 bits per heavy atom. The minimum absolute atomic E-state index is 0.480. The van der Waals surface area contributed by atoms with E-state index in [1.807, 2.05) is 38.1 Å². The van der Waals surface area contributed by atoms with E-state index >= 15 is 0 Å². The van der Waals surface area contributed by atoms with E-state index in [0.717, 1.165) is 57.7 Å². The number of hydrogen-bond donors (Lipinski definition) is 2. The lowest BCUT2D eigenvalue weighted by Gasteiger charge is -2.18. The highest BCUT2D eigenvalue weighted by Crippen LogP contribution is 2.37. The number of aromatic amines is 1. The number of benzene rings is 1. The largest absolute Gasteiger partial charge is 0.494 e. The quantitative estimate of drug-likeness (QED) is 0.356. The Morgan fingerprint density at radius 3 is 2.55 bits per heavy atom. The molecule has 0 saturated heterocycles. The van der Waals surface area contributed by atoms with Crippen LogP contribution in [0.4, 0.5) is 0 Å². The van der Waals surface area contributed by atoms with Crippen molar-refractivity contribution in [3.63, 3.8) is 0 Å². The van der Waals surface area contributed by atoms with Gasteiger partial charge in [0.2, 0.25) is 0 Å². The number of aliphatic hydroxyl groups is 1. The van der Waals surface area contributed by atoms with Crippen molar-refractivity contribution in [3.05, 3.63) is 54.2 Å². The van der Waals surface area contributed by atoms with Crippen molar-refractivity contribution in [2.24, 2.45) is 0 Å². The third-order valence-corrected chi connectivity index (χ3v) is 5.65. The molecule has 0 aliphatic carbocycles. The summed E-state index contributed by atoms with van der Waals surface area (Å²) in [5.74, 6) is 1.52. The molecule has 0 saturated carbocycles. The summed E-state index contributed by atoms with van der Waals surface area (Å²) < 4.78 is 11.4. The van der Waals surface area contributed by atoms with Gasteiger partial charge in [0, 0.05) is 30.1 Å². The summed E-state index contributed by atoms with van der Waals surface area (Å²) in [7, 11) is 4.12. The van der Waals surface area contributed by atoms with E-state index in [2.05, 4.69) is 40.9 Å². The van der Waals surface area contributed by atoms with Crippen molar-refractivity contribution < 1.29 is 14.3 Å². The summed E-state index contributed by atoms with van der Waals surface area (Å²) in [4.78, 5) is 14.3. The maximum Gasteiger partial charge on any atom is 0.181 e. The van der Waals surface area contributed by atoms with Gasteiger partial charge in [-0.1, -0.05) is 0 Å². The monoisotopic (exact) mass is 448 g/mol. The van der Waals surface area contributed by atoms with Crippen LogP contribution < -0.4 is 4.74 Å². The molecule has 4 rings (SSSR count). The van der Waals surface area contributed by atoms with E-state index < -0.39 is 5.60 Å². The van der Waals surface area contributed by atoms with Gasteiger partial charge >= 0.3 is 0 Å². The molecule has 7 heteroatoms. The first-order valence-corrected chi connectivity index (χ1v) is 11.2. The third kappa shape index (κ3) is 5.26. The van der Waals surface area contributed by atoms with Gasteiger partial charge in [-0.15, -0.1) is 0 Å². The van der Waals surface area contributed by atoms with Crippen molar-refractivity contribution in [1.29, 1.82) is 0 Å². The van der Waals surface area contributed by atoms with E-state index in [0.29, 0.717) is 18.8 Å². The van der Waals surface area contributed by atoms with Crippen LogP contribution in [0.25, 0.3) is 33.6 Å². The Bertz CT molecular complexity index is 1200. The molecule has 1 aromatic carbocycles. The van der Waals surface area contributed by atoms with Gasteiger partial charge in [0.25, 0.3) is 0 Å². The second-order valence-electron chi connectivity index (χ2n) is 9.38. The first-order chi connectivity index (χ1) is 15.7. The predicted molar refractivity (Wildman–Crippen MR) is 130 cm³/mol. The van der Waals surface area contributed by atoms with Crippen LogP contribution in [0.3, 0.4) is 0 Å². The SMILES string of the molecule is Cc1c(-c2cnco2)cnc2[nH]c(-c3ccc(OCCCN(C)C)cc3)c(CC(C)(C)O)c12. The minimum atomic E-state index is -0.881. The summed E-state index contributed by atoms with van der Waals surface area (Å²) in [6.07, 6.45) is 6.37. The van der Waals surface area contributed by atoms with E-state index in [4.69, 9.17) is 9.15 Å². The first-order valence-electron chi connectivity index (χ1n) is 11.2. The Labute approximate surface area is 194 Å². The average molecular weight is 449 g/mol. The summed E-state index contributed by atoms with van der Waals surface area (Å²) in [5.41, 5.74) is 4.85. The minimum Gasteiger partial charge on any atom is -0.494 e. The molecule has 0 bridgehead atoms. The van der Waals surface area contributed by atoms with Gasteiger partial charge in [0.05, 0.1) is 24.1 Å². The number of pyridine rings is 1. The highest BCUT2D eigenvalue weighted by Gasteiger charge is 2.24. The fourth-order valence-electron chi connectivity index (χ4n) is 4.13. The van der Waals surface area contributed by atoms with Crippen LogP contribution in [-0.2, 0) is 6.42 Å². The van der Waals surface area contributed by atoms with Gasteiger partial charge in [-0.05, 0) is 82.2 Å². The number of nitrogens with one attached hydrogen (secondary N) is 1. The molecule has 0 fully saturated rings. The smallest absolute Gasteiger partial charge is 0.181 e. The number of aryl methyl sites for hydroxylation is 1. The van der Waals surface area contributed by atoms with Gasteiger partial charge in [0.15, 0.2) is 12.2 Å². The molecule has 0 amide bonds. The number of fused-ring (bicyclic) bond motifs is 1. The molecule has 4 aromatic rings. The number of hydrogen-bond acceptors (Lipinski definition) is 6. The number of nitrogens with zero attached hydrogens (tertiary/aromatic N) is 3. The lowest BCUT2D eigenvalue weighted by atomic mass is 9.92. The Balaban J connectivity index is 1.71. The zero-order valence-electron chi connectivity index (χ0n) is 20.0. The molecule has 33 heavy (non-hydrogen) atoms. The van der Waals surface area contributed by atoms with Crippen LogP contribution in [0.15, 0.2) is 47.5 Å². The zero-order valence-corrected chi connectivity index (χ0v) is 20.0. The number of H-pyrrole nitrogens is 1. The molecule has 3 aromatic heterocycles. The fourth-order valence-corrected chi connectivity index (χ4v) is 4.13. The normalized spacial score (nSPS) is 12.1. The zero-order chi connectivity index (χ0) is 23.6. The Kier molecular flexibility index (Phi) is 6.54. The second-order valence-corrected chi connectivity index (χ2v) is 9.38.